The minimum Gasteiger partial charge on any atom is -0.494 e. The smallest absolute Gasteiger partial charge is 0.233 e. The fourth-order valence-electron chi connectivity index (χ4n) is 14.6. The lowest BCUT2D eigenvalue weighted by molar-refractivity contribution is -0.491. The van der Waals surface area contributed by atoms with Crippen molar-refractivity contribution in [1.82, 2.24) is 0 Å². The van der Waals surface area contributed by atoms with E-state index >= 15 is 0 Å². The van der Waals surface area contributed by atoms with Crippen LogP contribution >= 0.6 is 321 Å². The number of nitrogens with zero attached hydrogens (tertiary/aromatic N) is 2. The van der Waals surface area contributed by atoms with Crippen LogP contribution in [0.25, 0.3) is 0 Å². The number of halogens is 25. The van der Waals surface area contributed by atoms with Crippen molar-refractivity contribution in [2.75, 3.05) is 26.7 Å². The van der Waals surface area contributed by atoms with Gasteiger partial charge in [-0.05, 0) is 396 Å². The molecule has 3 N–H and O–H groups in total. The summed E-state index contributed by atoms with van der Waals surface area (Å²) in [6.07, 6.45) is 1.30. The average molecular weight is 3040 g/mol. The molecular formula is C95H118Cl14F4I7N3O10Si4. The van der Waals surface area contributed by atoms with Gasteiger partial charge in [0.2, 0.25) is 13.1 Å². The molecule has 137 heavy (non-hydrogen) atoms. The largest absolute Gasteiger partial charge is 0.494 e. The molecule has 9 aromatic rings. The van der Waals surface area contributed by atoms with E-state index in [0.29, 0.717) is 128 Å². The fourth-order valence-corrected chi connectivity index (χ4v) is 37.7. The molecule has 5 atom stereocenters. The summed E-state index contributed by atoms with van der Waals surface area (Å²) < 4.78 is 92.0. The summed E-state index contributed by atoms with van der Waals surface area (Å²) in [6.45, 7) is 25.4. The van der Waals surface area contributed by atoms with Crippen molar-refractivity contribution in [3.63, 3.8) is 0 Å². The van der Waals surface area contributed by atoms with E-state index in [1.165, 1.54) is 24.3 Å². The van der Waals surface area contributed by atoms with E-state index in [1.54, 1.807) is 49.6 Å². The lowest BCUT2D eigenvalue weighted by Gasteiger charge is -2.34. The first-order valence-corrected chi connectivity index (χ1v) is 66.1. The Morgan fingerprint density at radius 1 is 0.328 bits per heavy atom. The van der Waals surface area contributed by atoms with Crippen LogP contribution in [0.5, 0.6) is 5.75 Å². The summed E-state index contributed by atoms with van der Waals surface area (Å²) in [6, 6.07) is 46.5. The molecule has 764 valence electrons. The molecule has 9 rings (SSSR count). The first-order valence-electron chi connectivity index (χ1n) is 43.2. The molecule has 0 aliphatic carbocycles. The highest BCUT2D eigenvalue weighted by molar-refractivity contribution is 14.1. The van der Waals surface area contributed by atoms with E-state index in [1.807, 2.05) is 71.1 Å². The zero-order valence-corrected chi connectivity index (χ0v) is 106. The normalized spacial score (nSPS) is 12.4. The molecule has 0 saturated heterocycles. The molecule has 0 radical (unpaired) electrons. The van der Waals surface area contributed by atoms with Gasteiger partial charge in [-0.25, -0.2) is 17.6 Å². The summed E-state index contributed by atoms with van der Waals surface area (Å²) in [5.74, 6) is -1.66. The van der Waals surface area contributed by atoms with Gasteiger partial charge >= 0.3 is 0 Å². The average Bonchev–Trinajstić information content (AvgIpc) is 0.806. The van der Waals surface area contributed by atoms with Gasteiger partial charge in [0, 0.05) is 142 Å². The van der Waals surface area contributed by atoms with Crippen LogP contribution in [0, 0.1) is 68.5 Å². The number of nitrogens with two attached hydrogens (primary N) is 1. The molecule has 0 bridgehead atoms. The van der Waals surface area contributed by atoms with E-state index in [2.05, 4.69) is 219 Å². The second-order valence-corrected chi connectivity index (χ2v) is 64.3. The van der Waals surface area contributed by atoms with Crippen LogP contribution in [0.2, 0.25) is 143 Å². The van der Waals surface area contributed by atoms with Crippen LogP contribution in [0.4, 0.5) is 17.6 Å². The standard InChI is InChI=1S/2C22H27Cl2F2IOSi.C14H20Cl2INO3Si.C14H22Cl2INOSi.C8H6Cl2INO3.C7H5Cl2IO.C6H3Cl2I.2CH4/c2*1-4-29(5-2,6-3)28-21(22-19(23)13-18(27)14-20(22)24)9-7-8-15-10-16(25)12-17(26)11-15;1-4-22(5-2,6-3)21-13(9-18(19)20)14-11(15)7-10(17)8-12(14)16;1-4-20(5-2,6-3)19-13(9-18)14-11(15)7-10(17)8-12(14)16;9-5-1-4(11)2-6(10)8(5)7(13)3-12(14)15;1-11-7-5(8)2-4(10)3-6(7)9;7-4-1-5(8)3-6(9)2-4;;/h2*10-14,21H,4-9H2,1-3H3;7-8,13H,4-6,9H2,1-3H3;7-8,13H,4-6,9,18H2,1-3H3;1-2,7,13H,3H2;2-3H,1H3;1-3H;2*1H4. The van der Waals surface area contributed by atoms with Gasteiger partial charge in [-0.1, -0.05) is 260 Å². The van der Waals surface area contributed by atoms with Gasteiger partial charge in [-0.3, -0.25) is 20.2 Å². The summed E-state index contributed by atoms with van der Waals surface area (Å²) in [7, 11) is -6.03. The third-order valence-corrected chi connectivity index (χ3v) is 49.8. The van der Waals surface area contributed by atoms with Crippen molar-refractivity contribution in [3.8, 4) is 5.75 Å². The zero-order chi connectivity index (χ0) is 102. The third kappa shape index (κ3) is 46.1. The molecule has 0 heterocycles. The second kappa shape index (κ2) is 68.8. The Morgan fingerprint density at radius 3 is 0.766 bits per heavy atom. The molecule has 13 nitrogen and oxygen atoms in total. The third-order valence-electron chi connectivity index (χ3n) is 22.7. The van der Waals surface area contributed by atoms with Gasteiger partial charge in [-0.15, -0.1) is 0 Å². The number of aliphatic hydroxyl groups excluding tert-OH is 1. The minimum absolute atomic E-state index is 0. The van der Waals surface area contributed by atoms with Crippen molar-refractivity contribution < 1.29 is 55.0 Å². The van der Waals surface area contributed by atoms with Crippen LogP contribution < -0.4 is 10.5 Å². The van der Waals surface area contributed by atoms with Crippen molar-refractivity contribution in [2.24, 2.45) is 5.73 Å². The van der Waals surface area contributed by atoms with Crippen molar-refractivity contribution in [1.29, 1.82) is 0 Å². The van der Waals surface area contributed by atoms with E-state index in [0.717, 1.165) is 126 Å². The van der Waals surface area contributed by atoms with Gasteiger partial charge in [0.1, 0.15) is 35.5 Å². The number of benzene rings is 9. The summed E-state index contributed by atoms with van der Waals surface area (Å²) in [5, 5.41) is 38.3. The SMILES string of the molecule is C.C.CC[Si](CC)(CC)OC(CCCc1cc(F)cc(F)c1)c1c(Cl)cc(I)cc1Cl.CC[Si](CC)(CC)OC(CCCc1cc(F)cc(F)c1)c1c(Cl)cc(I)cc1Cl.CC[Si](CC)(CC)OC(CN)c1c(Cl)cc(I)cc1Cl.CC[Si](CC)(CC)OC(C[N+](=O)[O-])c1c(Cl)cc(I)cc1Cl.COc1c(Cl)cc(I)cc1Cl.Clc1cc(Cl)cc(I)c1.O=[N+]([O-])CC(O)c1c(Cl)cc(I)cc1Cl. The Kier molecular flexibility index (Phi) is 68.4. The molecular weight excluding hydrogens is 2920 g/mol. The van der Waals surface area contributed by atoms with E-state index < -0.39 is 80.2 Å². The molecule has 0 aliphatic rings. The monoisotopic (exact) mass is 3030 g/mol. The minimum atomic E-state index is -2.01. The predicted molar refractivity (Wildman–Crippen MR) is 645 cm³/mol. The van der Waals surface area contributed by atoms with E-state index in [4.69, 9.17) is 191 Å². The van der Waals surface area contributed by atoms with Crippen LogP contribution in [-0.2, 0) is 30.5 Å². The molecule has 0 amide bonds. The number of methoxy groups -OCH3 is 1. The highest BCUT2D eigenvalue weighted by Gasteiger charge is 2.40. The summed E-state index contributed by atoms with van der Waals surface area (Å²) >= 11 is 101. The van der Waals surface area contributed by atoms with Crippen LogP contribution in [0.3, 0.4) is 0 Å². The fraction of sp³-hybridized carbons (Fsp3) is 0.432. The molecule has 42 heteroatoms. The second-order valence-electron chi connectivity index (χ2n) is 30.9. The van der Waals surface area contributed by atoms with Crippen LogP contribution in [-0.4, -0.2) is 75.0 Å². The topological polar surface area (TPSA) is 179 Å². The maximum Gasteiger partial charge on any atom is 0.233 e. The maximum absolute atomic E-state index is 13.5. The number of aliphatic hydroxyl groups is 1. The molecule has 0 aromatic heterocycles. The summed E-state index contributed by atoms with van der Waals surface area (Å²) in [5.41, 5.74) is 10.4. The first kappa shape index (κ1) is 136. The number of aryl methyl sites for hydroxylation is 2. The number of ether oxygens (including phenoxy) is 1. The lowest BCUT2D eigenvalue weighted by atomic mass is 10.0. The molecule has 0 saturated carbocycles. The van der Waals surface area contributed by atoms with Crippen LogP contribution in [0.15, 0.2) is 127 Å². The Hall–Kier alpha value is 1.10. The Balaban J connectivity index is 0.000000821. The van der Waals surface area contributed by atoms with Gasteiger partial charge in [0.25, 0.3) is 0 Å². The Bertz CT molecular complexity index is 4900. The van der Waals surface area contributed by atoms with Crippen molar-refractivity contribution in [3.05, 3.63) is 305 Å². The highest BCUT2D eigenvalue weighted by Crippen LogP contribution is 2.46. The predicted octanol–water partition coefficient (Wildman–Crippen LogP) is 40.9. The van der Waals surface area contributed by atoms with Gasteiger partial charge in [0.15, 0.2) is 39.0 Å². The Morgan fingerprint density at radius 2 is 0.540 bits per heavy atom. The number of nitro groups is 2. The van der Waals surface area contributed by atoms with Gasteiger partial charge in [0.05, 0.1) is 35.5 Å². The van der Waals surface area contributed by atoms with Gasteiger partial charge in [-0.2, -0.15) is 0 Å². The van der Waals surface area contributed by atoms with Gasteiger partial charge < -0.3 is 33.3 Å². The van der Waals surface area contributed by atoms with E-state index in [-0.39, 0.29) is 60.2 Å². The molecule has 9 aromatic carbocycles. The highest BCUT2D eigenvalue weighted by atomic mass is 127. The lowest BCUT2D eigenvalue weighted by Crippen LogP contribution is -2.39. The van der Waals surface area contributed by atoms with Crippen molar-refractivity contribution in [2.45, 2.75) is 240 Å². The Labute approximate surface area is 978 Å². The molecule has 0 spiro atoms. The number of rotatable bonds is 39. The first-order chi connectivity index (χ1) is 63.4. The van der Waals surface area contributed by atoms with E-state index in [9.17, 15) is 42.9 Å². The number of hydrogen-bond acceptors (Lipinski definition) is 11. The molecule has 5 unspecified atom stereocenters. The quantitative estimate of drug-likeness (QED) is 0.0123. The summed E-state index contributed by atoms with van der Waals surface area (Å²) in [4.78, 5) is 20.3. The maximum atomic E-state index is 13.5. The molecule has 0 aliphatic heterocycles. The van der Waals surface area contributed by atoms with Crippen LogP contribution in [0.1, 0.15) is 193 Å². The molecule has 0 fully saturated rings. The van der Waals surface area contributed by atoms with Crippen molar-refractivity contribution >= 4 is 354 Å². The zero-order valence-electron chi connectivity index (χ0n) is 76.4. The number of hydrogen-bond donors (Lipinski definition) is 2.